The highest BCUT2D eigenvalue weighted by molar-refractivity contribution is 6.32. The summed E-state index contributed by atoms with van der Waals surface area (Å²) in [4.78, 5) is 11.0. The molecule has 1 N–H and O–H groups in total. The highest BCUT2D eigenvalue weighted by Gasteiger charge is 2.14. The molecule has 6 heteroatoms. The zero-order chi connectivity index (χ0) is 13.1. The first kappa shape index (κ1) is 12.3. The van der Waals surface area contributed by atoms with Gasteiger partial charge in [-0.1, -0.05) is 23.7 Å². The number of carboxylic acid groups (broad SMARTS) is 1. The molecule has 1 aromatic carbocycles. The summed E-state index contributed by atoms with van der Waals surface area (Å²) in [5.74, 6) is -0.559. The van der Waals surface area contributed by atoms with E-state index < -0.39 is 5.97 Å². The van der Waals surface area contributed by atoms with Gasteiger partial charge < -0.3 is 9.84 Å². The van der Waals surface area contributed by atoms with Crippen molar-refractivity contribution in [2.75, 3.05) is 7.11 Å². The van der Waals surface area contributed by atoms with Crippen LogP contribution in [0.1, 0.15) is 10.4 Å². The van der Waals surface area contributed by atoms with Crippen molar-refractivity contribution in [3.8, 4) is 17.0 Å². The number of carbonyl (C=O) groups is 1. The summed E-state index contributed by atoms with van der Waals surface area (Å²) in [6.07, 6.45) is 0. The van der Waals surface area contributed by atoms with Gasteiger partial charge >= 0.3 is 5.97 Å². The van der Waals surface area contributed by atoms with E-state index in [-0.39, 0.29) is 10.7 Å². The number of para-hydroxylation sites is 1. The van der Waals surface area contributed by atoms with Gasteiger partial charge in [0.2, 0.25) is 0 Å². The van der Waals surface area contributed by atoms with E-state index in [1.54, 1.807) is 18.2 Å². The Hall–Kier alpha value is -2.14. The van der Waals surface area contributed by atoms with Gasteiger partial charge in [0.05, 0.1) is 12.8 Å². The standard InChI is InChI=1S/C12H9ClN2O3/c1-18-10-5-3-2-4-7(10)9-6-8(12(16)17)11(13)15-14-9/h2-6H,1H3,(H,16,17). The molecule has 18 heavy (non-hydrogen) atoms. The van der Waals surface area contributed by atoms with E-state index >= 15 is 0 Å². The highest BCUT2D eigenvalue weighted by Crippen LogP contribution is 2.29. The number of aromatic carboxylic acids is 1. The summed E-state index contributed by atoms with van der Waals surface area (Å²) >= 11 is 5.67. The fraction of sp³-hybridized carbons (Fsp3) is 0.0833. The van der Waals surface area contributed by atoms with Gasteiger partial charge in [-0.25, -0.2) is 4.79 Å². The van der Waals surface area contributed by atoms with Crippen LogP contribution in [-0.2, 0) is 0 Å². The molecule has 5 nitrogen and oxygen atoms in total. The molecule has 0 bridgehead atoms. The number of rotatable bonds is 3. The van der Waals surface area contributed by atoms with E-state index in [4.69, 9.17) is 21.4 Å². The third-order valence-corrected chi connectivity index (χ3v) is 2.64. The van der Waals surface area contributed by atoms with E-state index in [1.807, 2.05) is 6.07 Å². The van der Waals surface area contributed by atoms with Crippen LogP contribution in [0.4, 0.5) is 0 Å². The molecular weight excluding hydrogens is 256 g/mol. The zero-order valence-corrected chi connectivity index (χ0v) is 10.2. The van der Waals surface area contributed by atoms with Gasteiger partial charge in [0.1, 0.15) is 11.3 Å². The minimum Gasteiger partial charge on any atom is -0.496 e. The van der Waals surface area contributed by atoms with Crippen LogP contribution in [0.2, 0.25) is 5.15 Å². The average molecular weight is 265 g/mol. The van der Waals surface area contributed by atoms with Crippen LogP contribution < -0.4 is 4.74 Å². The van der Waals surface area contributed by atoms with Crippen molar-refractivity contribution >= 4 is 17.6 Å². The average Bonchev–Trinajstić information content (AvgIpc) is 2.39. The van der Waals surface area contributed by atoms with E-state index in [0.29, 0.717) is 17.0 Å². The Kier molecular flexibility index (Phi) is 3.43. The number of benzene rings is 1. The minimum atomic E-state index is -1.15. The van der Waals surface area contributed by atoms with Crippen molar-refractivity contribution in [3.05, 3.63) is 41.0 Å². The van der Waals surface area contributed by atoms with Gasteiger partial charge in [0, 0.05) is 5.56 Å². The molecule has 92 valence electrons. The second-order valence-corrected chi connectivity index (χ2v) is 3.80. The molecule has 2 rings (SSSR count). The third kappa shape index (κ3) is 2.26. The monoisotopic (exact) mass is 264 g/mol. The normalized spacial score (nSPS) is 10.1. The van der Waals surface area contributed by atoms with E-state index in [0.717, 1.165) is 0 Å². The summed E-state index contributed by atoms with van der Waals surface area (Å²) < 4.78 is 5.18. The molecule has 1 aromatic heterocycles. The predicted molar refractivity (Wildman–Crippen MR) is 66.0 cm³/mol. The molecule has 0 atom stereocenters. The number of nitrogens with zero attached hydrogens (tertiary/aromatic N) is 2. The fourth-order valence-electron chi connectivity index (χ4n) is 1.51. The smallest absolute Gasteiger partial charge is 0.338 e. The molecule has 0 spiro atoms. The van der Waals surface area contributed by atoms with Gasteiger partial charge in [-0.05, 0) is 18.2 Å². The number of hydrogen-bond acceptors (Lipinski definition) is 4. The van der Waals surface area contributed by atoms with Crippen LogP contribution in [0.25, 0.3) is 11.3 Å². The number of methoxy groups -OCH3 is 1. The molecule has 0 unspecified atom stereocenters. The predicted octanol–water partition coefficient (Wildman–Crippen LogP) is 2.50. The van der Waals surface area contributed by atoms with Crippen LogP contribution in [0.15, 0.2) is 30.3 Å². The van der Waals surface area contributed by atoms with E-state index in [1.165, 1.54) is 13.2 Å². The Morgan fingerprint density at radius 3 is 2.72 bits per heavy atom. The topological polar surface area (TPSA) is 72.3 Å². The number of halogens is 1. The van der Waals surface area contributed by atoms with Crippen LogP contribution in [0.5, 0.6) is 5.75 Å². The van der Waals surface area contributed by atoms with Gasteiger partial charge in [0.15, 0.2) is 5.15 Å². The van der Waals surface area contributed by atoms with Gasteiger partial charge in [0.25, 0.3) is 0 Å². The van der Waals surface area contributed by atoms with Crippen molar-refractivity contribution in [1.29, 1.82) is 0 Å². The SMILES string of the molecule is COc1ccccc1-c1cc(C(=O)O)c(Cl)nn1. The second-order valence-electron chi connectivity index (χ2n) is 3.44. The Morgan fingerprint density at radius 2 is 2.06 bits per heavy atom. The molecule has 0 aliphatic heterocycles. The van der Waals surface area contributed by atoms with Gasteiger partial charge in [-0.2, -0.15) is 0 Å². The number of aromatic nitrogens is 2. The van der Waals surface area contributed by atoms with Crippen LogP contribution in [0.3, 0.4) is 0 Å². The molecule has 0 saturated heterocycles. The molecule has 0 amide bonds. The van der Waals surface area contributed by atoms with Crippen LogP contribution >= 0.6 is 11.6 Å². The van der Waals surface area contributed by atoms with E-state index in [2.05, 4.69) is 10.2 Å². The van der Waals surface area contributed by atoms with Crippen LogP contribution in [0, 0.1) is 0 Å². The zero-order valence-electron chi connectivity index (χ0n) is 9.42. The van der Waals surface area contributed by atoms with Crippen LogP contribution in [-0.4, -0.2) is 28.4 Å². The Labute approximate surface area is 108 Å². The molecular formula is C12H9ClN2O3. The lowest BCUT2D eigenvalue weighted by atomic mass is 10.1. The fourth-order valence-corrected chi connectivity index (χ4v) is 1.69. The Morgan fingerprint density at radius 1 is 1.33 bits per heavy atom. The molecule has 0 saturated carbocycles. The van der Waals surface area contributed by atoms with Crippen molar-refractivity contribution in [1.82, 2.24) is 10.2 Å². The number of hydrogen-bond donors (Lipinski definition) is 1. The first-order valence-electron chi connectivity index (χ1n) is 5.03. The summed E-state index contributed by atoms with van der Waals surface area (Å²) in [6.45, 7) is 0. The summed E-state index contributed by atoms with van der Waals surface area (Å²) in [5.41, 5.74) is 0.966. The van der Waals surface area contributed by atoms with Crippen molar-refractivity contribution in [2.45, 2.75) is 0 Å². The quantitative estimate of drug-likeness (QED) is 0.922. The lowest BCUT2D eigenvalue weighted by Gasteiger charge is -2.07. The molecule has 0 aliphatic carbocycles. The molecule has 0 radical (unpaired) electrons. The van der Waals surface area contributed by atoms with Crippen molar-refractivity contribution in [3.63, 3.8) is 0 Å². The lowest BCUT2D eigenvalue weighted by molar-refractivity contribution is 0.0696. The molecule has 0 aliphatic rings. The van der Waals surface area contributed by atoms with Crippen molar-refractivity contribution < 1.29 is 14.6 Å². The lowest BCUT2D eigenvalue weighted by Crippen LogP contribution is -2.02. The van der Waals surface area contributed by atoms with E-state index in [9.17, 15) is 4.79 Å². The van der Waals surface area contributed by atoms with Gasteiger partial charge in [-0.15, -0.1) is 10.2 Å². The maximum absolute atomic E-state index is 11.0. The second kappa shape index (κ2) is 5.01. The Bertz CT molecular complexity index is 602. The summed E-state index contributed by atoms with van der Waals surface area (Å²) in [7, 11) is 1.53. The molecule has 1 heterocycles. The molecule has 0 fully saturated rings. The largest absolute Gasteiger partial charge is 0.496 e. The minimum absolute atomic E-state index is 0.0902. The van der Waals surface area contributed by atoms with Gasteiger partial charge in [-0.3, -0.25) is 0 Å². The first-order chi connectivity index (χ1) is 8.63. The Balaban J connectivity index is 2.58. The highest BCUT2D eigenvalue weighted by atomic mass is 35.5. The summed E-state index contributed by atoms with van der Waals surface area (Å²) in [6, 6.07) is 8.50. The number of ether oxygens (including phenoxy) is 1. The maximum atomic E-state index is 11.0. The molecule has 2 aromatic rings. The summed E-state index contributed by atoms with van der Waals surface area (Å²) in [5, 5.41) is 16.3. The third-order valence-electron chi connectivity index (χ3n) is 2.36. The van der Waals surface area contributed by atoms with Crippen molar-refractivity contribution in [2.24, 2.45) is 0 Å². The number of carboxylic acids is 1. The first-order valence-corrected chi connectivity index (χ1v) is 5.41. The maximum Gasteiger partial charge on any atom is 0.338 e.